The quantitative estimate of drug-likeness (QED) is 0.678. The number of amides is 1. The summed E-state index contributed by atoms with van der Waals surface area (Å²) in [7, 11) is 0. The predicted octanol–water partition coefficient (Wildman–Crippen LogP) is 4.07. The molecule has 7 heteroatoms. The summed E-state index contributed by atoms with van der Waals surface area (Å²) in [6.07, 6.45) is 7.31. The van der Waals surface area contributed by atoms with Gasteiger partial charge in [0.25, 0.3) is 0 Å². The molecule has 1 N–H and O–H groups in total. The molecule has 3 heterocycles. The van der Waals surface area contributed by atoms with E-state index < -0.39 is 0 Å². The first-order valence-electron chi connectivity index (χ1n) is 10.2. The number of carbonyl (C=O) groups is 1. The number of hydrogen-bond donors (Lipinski definition) is 1. The lowest BCUT2D eigenvalue weighted by molar-refractivity contribution is 0.0895. The highest BCUT2D eigenvalue weighted by Crippen LogP contribution is 2.23. The maximum absolute atomic E-state index is 12.4. The molecule has 2 aromatic heterocycles. The van der Waals surface area contributed by atoms with Crippen molar-refractivity contribution in [2.45, 2.75) is 45.1 Å². The van der Waals surface area contributed by atoms with Crippen LogP contribution in [0.3, 0.4) is 0 Å². The first kappa shape index (κ1) is 19.2. The maximum Gasteiger partial charge on any atom is 0.316 e. The van der Waals surface area contributed by atoms with Crippen molar-refractivity contribution >= 4 is 11.6 Å². The van der Waals surface area contributed by atoms with E-state index in [1.807, 2.05) is 31.2 Å². The zero-order chi connectivity index (χ0) is 20.1. The zero-order valence-corrected chi connectivity index (χ0v) is 16.6. The molecule has 1 saturated heterocycles. The molecule has 29 heavy (non-hydrogen) atoms. The van der Waals surface area contributed by atoms with Crippen molar-refractivity contribution in [2.75, 3.05) is 18.0 Å². The van der Waals surface area contributed by atoms with Gasteiger partial charge in [-0.1, -0.05) is 18.0 Å². The molecular formula is C22H26N4O3. The molecule has 1 atom stereocenters. The van der Waals surface area contributed by atoms with E-state index in [0.717, 1.165) is 24.4 Å². The fourth-order valence-electron chi connectivity index (χ4n) is 3.65. The van der Waals surface area contributed by atoms with E-state index in [0.29, 0.717) is 12.2 Å². The zero-order valence-electron chi connectivity index (χ0n) is 16.6. The number of nitrogens with zero attached hydrogens (tertiary/aromatic N) is 3. The van der Waals surface area contributed by atoms with Gasteiger partial charge in [0.05, 0.1) is 6.26 Å². The Kier molecular flexibility index (Phi) is 5.93. The minimum atomic E-state index is -0.385. The van der Waals surface area contributed by atoms with Crippen molar-refractivity contribution in [2.24, 2.45) is 0 Å². The van der Waals surface area contributed by atoms with Crippen LogP contribution in [0, 0.1) is 0 Å². The van der Waals surface area contributed by atoms with Gasteiger partial charge in [0.2, 0.25) is 5.82 Å². The number of rotatable bonds is 6. The molecule has 7 nitrogen and oxygen atoms in total. The Morgan fingerprint density at radius 2 is 1.90 bits per heavy atom. The van der Waals surface area contributed by atoms with Crippen molar-refractivity contribution in [1.29, 1.82) is 0 Å². The molecule has 0 bridgehead atoms. The summed E-state index contributed by atoms with van der Waals surface area (Å²) in [6, 6.07) is 11.7. The minimum Gasteiger partial charge on any atom is -0.469 e. The van der Waals surface area contributed by atoms with Crippen molar-refractivity contribution in [3.8, 4) is 11.4 Å². The van der Waals surface area contributed by atoms with Gasteiger partial charge < -0.3 is 19.2 Å². The van der Waals surface area contributed by atoms with Crippen LogP contribution in [0.1, 0.15) is 49.1 Å². The lowest BCUT2D eigenvalue weighted by Gasteiger charge is -2.22. The van der Waals surface area contributed by atoms with Gasteiger partial charge in [0.1, 0.15) is 5.76 Å². The van der Waals surface area contributed by atoms with Gasteiger partial charge in [-0.2, -0.15) is 4.98 Å². The monoisotopic (exact) mass is 394 g/mol. The number of nitrogens with one attached hydrogen (secondary N) is 1. The van der Waals surface area contributed by atoms with Gasteiger partial charge >= 0.3 is 11.8 Å². The number of anilines is 1. The molecule has 1 aliphatic heterocycles. The summed E-state index contributed by atoms with van der Waals surface area (Å²) in [5.41, 5.74) is 2.04. The number of benzene rings is 1. The van der Waals surface area contributed by atoms with Crippen molar-refractivity contribution < 1.29 is 13.7 Å². The van der Waals surface area contributed by atoms with Crippen molar-refractivity contribution in [1.82, 2.24) is 15.5 Å². The summed E-state index contributed by atoms with van der Waals surface area (Å²) in [4.78, 5) is 19.1. The van der Waals surface area contributed by atoms with E-state index in [-0.39, 0.29) is 17.8 Å². The van der Waals surface area contributed by atoms with E-state index in [1.54, 1.807) is 6.26 Å². The summed E-state index contributed by atoms with van der Waals surface area (Å²) < 4.78 is 10.5. The Morgan fingerprint density at radius 1 is 1.14 bits per heavy atom. The second-order valence-corrected chi connectivity index (χ2v) is 7.53. The second-order valence-electron chi connectivity index (χ2n) is 7.53. The Balaban J connectivity index is 1.38. The third-order valence-electron chi connectivity index (χ3n) is 5.18. The highest BCUT2D eigenvalue weighted by Gasteiger charge is 2.19. The molecule has 1 aromatic carbocycles. The van der Waals surface area contributed by atoms with Gasteiger partial charge in [-0.3, -0.25) is 4.79 Å². The first-order chi connectivity index (χ1) is 14.2. The van der Waals surface area contributed by atoms with Crippen LogP contribution in [-0.2, 0) is 6.42 Å². The van der Waals surface area contributed by atoms with Gasteiger partial charge in [0, 0.05) is 36.8 Å². The SMILES string of the molecule is CC(Cc1ccco1)NC(=O)c1nc(-c2ccc(N3CCCCCC3)cc2)no1. The van der Waals surface area contributed by atoms with E-state index in [9.17, 15) is 4.79 Å². The first-order valence-corrected chi connectivity index (χ1v) is 10.2. The van der Waals surface area contributed by atoms with E-state index in [4.69, 9.17) is 8.94 Å². The number of furan rings is 1. The molecule has 1 aliphatic rings. The summed E-state index contributed by atoms with van der Waals surface area (Å²) in [5, 5.41) is 6.82. The number of carbonyl (C=O) groups excluding carboxylic acids is 1. The largest absolute Gasteiger partial charge is 0.469 e. The molecule has 1 amide bonds. The summed E-state index contributed by atoms with van der Waals surface area (Å²) >= 11 is 0. The van der Waals surface area contributed by atoms with Gasteiger partial charge in [-0.15, -0.1) is 0 Å². The normalized spacial score (nSPS) is 15.7. The third kappa shape index (κ3) is 4.85. The Morgan fingerprint density at radius 3 is 2.59 bits per heavy atom. The average molecular weight is 394 g/mol. The molecule has 152 valence electrons. The molecule has 3 aromatic rings. The highest BCUT2D eigenvalue weighted by molar-refractivity contribution is 5.90. The van der Waals surface area contributed by atoms with Crippen molar-refractivity contribution in [3.05, 3.63) is 54.3 Å². The van der Waals surface area contributed by atoms with Crippen LogP contribution in [0.15, 0.2) is 51.6 Å². The molecule has 1 fully saturated rings. The van der Waals surface area contributed by atoms with E-state index in [2.05, 4.69) is 32.5 Å². The molecule has 0 aliphatic carbocycles. The van der Waals surface area contributed by atoms with Crippen LogP contribution in [-0.4, -0.2) is 35.2 Å². The molecule has 0 saturated carbocycles. The number of hydrogen-bond acceptors (Lipinski definition) is 6. The number of aromatic nitrogens is 2. The molecule has 4 rings (SSSR count). The molecule has 1 unspecified atom stereocenters. The minimum absolute atomic E-state index is 0.0390. The summed E-state index contributed by atoms with van der Waals surface area (Å²) in [6.45, 7) is 4.10. The predicted molar refractivity (Wildman–Crippen MR) is 110 cm³/mol. The lowest BCUT2D eigenvalue weighted by atomic mass is 10.2. The van der Waals surface area contributed by atoms with Gasteiger partial charge in [-0.25, -0.2) is 0 Å². The fraction of sp³-hybridized carbons (Fsp3) is 0.409. The van der Waals surface area contributed by atoms with Crippen LogP contribution in [0.4, 0.5) is 5.69 Å². The maximum atomic E-state index is 12.4. The second kappa shape index (κ2) is 8.94. The standard InChI is InChI=1S/C22H26N4O3/c1-16(15-19-7-6-14-28-19)23-21(27)22-24-20(25-29-22)17-8-10-18(11-9-17)26-12-4-2-3-5-13-26/h6-11,14,16H,2-5,12-13,15H2,1H3,(H,23,27). The Bertz CT molecular complexity index is 910. The van der Waals surface area contributed by atoms with Crippen molar-refractivity contribution in [3.63, 3.8) is 0 Å². The third-order valence-corrected chi connectivity index (χ3v) is 5.18. The van der Waals surface area contributed by atoms with Crippen LogP contribution >= 0.6 is 0 Å². The average Bonchev–Trinajstić information content (AvgIpc) is 3.35. The van der Waals surface area contributed by atoms with Crippen LogP contribution < -0.4 is 10.2 Å². The van der Waals surface area contributed by atoms with Gasteiger partial charge in [-0.05, 0) is 56.2 Å². The highest BCUT2D eigenvalue weighted by atomic mass is 16.5. The van der Waals surface area contributed by atoms with Gasteiger partial charge in [0.15, 0.2) is 0 Å². The molecular weight excluding hydrogens is 368 g/mol. The van der Waals surface area contributed by atoms with E-state index in [1.165, 1.54) is 31.4 Å². The topological polar surface area (TPSA) is 84.4 Å². The molecule has 0 radical (unpaired) electrons. The van der Waals surface area contributed by atoms with E-state index >= 15 is 0 Å². The smallest absolute Gasteiger partial charge is 0.316 e. The fourth-order valence-corrected chi connectivity index (χ4v) is 3.65. The van der Waals surface area contributed by atoms with Crippen LogP contribution in [0.5, 0.6) is 0 Å². The Hall–Kier alpha value is -3.09. The van der Waals surface area contributed by atoms with Crippen LogP contribution in [0.25, 0.3) is 11.4 Å². The Labute approximate surface area is 170 Å². The lowest BCUT2D eigenvalue weighted by Crippen LogP contribution is -2.34. The molecule has 0 spiro atoms. The van der Waals surface area contributed by atoms with Crippen LogP contribution in [0.2, 0.25) is 0 Å². The summed E-state index contributed by atoms with van der Waals surface area (Å²) in [5.74, 6) is 0.802.